The summed E-state index contributed by atoms with van der Waals surface area (Å²) in [6.45, 7) is 0. The van der Waals surface area contributed by atoms with Crippen molar-refractivity contribution < 1.29 is 18.0 Å². The van der Waals surface area contributed by atoms with Crippen LogP contribution in [0.1, 0.15) is 5.56 Å². The van der Waals surface area contributed by atoms with E-state index in [9.17, 15) is 18.0 Å². The molecule has 2 N–H and O–H groups in total. The fourth-order valence-corrected chi connectivity index (χ4v) is 2.89. The fourth-order valence-electron chi connectivity index (χ4n) is 2.72. The standard InChI is InChI=1S/C19H12ClF3N6O/c20-14-5-4-12(19(21,22)23)9-16(14)26-18(30)25-13-3-1-2-11(8-13)15-6-7-17-27-24-10-29(17)28-15/h1-10H,(H2,25,26,30). The third-order valence-electron chi connectivity index (χ3n) is 4.12. The summed E-state index contributed by atoms with van der Waals surface area (Å²) in [6, 6.07) is 12.3. The van der Waals surface area contributed by atoms with Crippen molar-refractivity contribution in [3.63, 3.8) is 0 Å². The fraction of sp³-hybridized carbons (Fsp3) is 0.0526. The van der Waals surface area contributed by atoms with Crippen LogP contribution in [0.4, 0.5) is 29.3 Å². The van der Waals surface area contributed by atoms with E-state index in [0.717, 1.165) is 18.2 Å². The first-order chi connectivity index (χ1) is 14.3. The number of fused-ring (bicyclic) bond motifs is 1. The summed E-state index contributed by atoms with van der Waals surface area (Å²) in [5.41, 5.74) is 1.26. The Bertz CT molecular complexity index is 1240. The summed E-state index contributed by atoms with van der Waals surface area (Å²) in [6.07, 6.45) is -3.09. The van der Waals surface area contributed by atoms with Crippen LogP contribution >= 0.6 is 11.6 Å². The smallest absolute Gasteiger partial charge is 0.308 e. The number of hydrogen-bond acceptors (Lipinski definition) is 4. The second-order valence-corrected chi connectivity index (χ2v) is 6.61. The first kappa shape index (κ1) is 19.6. The number of rotatable bonds is 3. The molecule has 0 aliphatic carbocycles. The highest BCUT2D eigenvalue weighted by molar-refractivity contribution is 6.33. The molecular weight excluding hydrogens is 421 g/mol. The molecule has 0 atom stereocenters. The number of carbonyl (C=O) groups is 1. The van der Waals surface area contributed by atoms with Gasteiger partial charge in [-0.15, -0.1) is 10.2 Å². The third kappa shape index (κ3) is 4.18. The lowest BCUT2D eigenvalue weighted by Gasteiger charge is -2.13. The van der Waals surface area contributed by atoms with Gasteiger partial charge in [0, 0.05) is 11.3 Å². The van der Waals surface area contributed by atoms with Gasteiger partial charge in [-0.2, -0.15) is 22.8 Å². The van der Waals surface area contributed by atoms with Crippen molar-refractivity contribution in [2.75, 3.05) is 10.6 Å². The molecule has 2 amide bonds. The van der Waals surface area contributed by atoms with Gasteiger partial charge in [0.2, 0.25) is 0 Å². The Morgan fingerprint density at radius 1 is 1.03 bits per heavy atom. The highest BCUT2D eigenvalue weighted by Crippen LogP contribution is 2.34. The van der Waals surface area contributed by atoms with Crippen molar-refractivity contribution in [1.29, 1.82) is 0 Å². The van der Waals surface area contributed by atoms with E-state index in [1.54, 1.807) is 36.4 Å². The van der Waals surface area contributed by atoms with Crippen LogP contribution < -0.4 is 10.6 Å². The zero-order chi connectivity index (χ0) is 21.3. The second-order valence-electron chi connectivity index (χ2n) is 6.20. The zero-order valence-electron chi connectivity index (χ0n) is 15.0. The summed E-state index contributed by atoms with van der Waals surface area (Å²) in [5, 5.41) is 16.9. The number of alkyl halides is 3. The van der Waals surface area contributed by atoms with E-state index >= 15 is 0 Å². The van der Waals surface area contributed by atoms with Gasteiger partial charge in [-0.25, -0.2) is 4.79 Å². The Morgan fingerprint density at radius 3 is 2.67 bits per heavy atom. The van der Waals surface area contributed by atoms with E-state index in [-0.39, 0.29) is 10.7 Å². The van der Waals surface area contributed by atoms with Gasteiger partial charge in [0.25, 0.3) is 0 Å². The van der Waals surface area contributed by atoms with Gasteiger partial charge in [0.15, 0.2) is 5.65 Å². The van der Waals surface area contributed by atoms with Gasteiger partial charge < -0.3 is 10.6 Å². The summed E-state index contributed by atoms with van der Waals surface area (Å²) in [7, 11) is 0. The van der Waals surface area contributed by atoms with E-state index in [4.69, 9.17) is 11.6 Å². The SMILES string of the molecule is O=C(Nc1cccc(-c2ccc3nncn3n2)c1)Nc1cc(C(F)(F)F)ccc1Cl. The summed E-state index contributed by atoms with van der Waals surface area (Å²) in [5.74, 6) is 0. The topological polar surface area (TPSA) is 84.2 Å². The normalized spacial score (nSPS) is 11.5. The largest absolute Gasteiger partial charge is 0.416 e. The number of aromatic nitrogens is 4. The minimum Gasteiger partial charge on any atom is -0.308 e. The Labute approximate surface area is 172 Å². The van der Waals surface area contributed by atoms with Crippen molar-refractivity contribution in [3.05, 3.63) is 71.5 Å². The van der Waals surface area contributed by atoms with Crippen LogP contribution in [0, 0.1) is 0 Å². The summed E-state index contributed by atoms with van der Waals surface area (Å²) < 4.78 is 40.1. The Morgan fingerprint density at radius 2 is 1.87 bits per heavy atom. The third-order valence-corrected chi connectivity index (χ3v) is 4.45. The van der Waals surface area contributed by atoms with Crippen LogP contribution in [-0.2, 0) is 6.18 Å². The Kier molecular flexibility index (Phi) is 5.00. The van der Waals surface area contributed by atoms with Crippen molar-refractivity contribution in [1.82, 2.24) is 19.8 Å². The maximum absolute atomic E-state index is 12.9. The number of benzene rings is 2. The second kappa shape index (κ2) is 7.64. The lowest BCUT2D eigenvalue weighted by Crippen LogP contribution is -2.20. The highest BCUT2D eigenvalue weighted by Gasteiger charge is 2.31. The molecule has 11 heteroatoms. The first-order valence-corrected chi connectivity index (χ1v) is 8.90. The molecule has 0 saturated carbocycles. The average Bonchev–Trinajstić information content (AvgIpc) is 3.17. The van der Waals surface area contributed by atoms with E-state index < -0.39 is 17.8 Å². The number of hydrogen-bond donors (Lipinski definition) is 2. The minimum atomic E-state index is -4.55. The molecule has 0 bridgehead atoms. The molecular formula is C19H12ClF3N6O. The van der Waals surface area contributed by atoms with Gasteiger partial charge >= 0.3 is 12.2 Å². The zero-order valence-corrected chi connectivity index (χ0v) is 15.7. The van der Waals surface area contributed by atoms with Gasteiger partial charge in [-0.05, 0) is 42.5 Å². The van der Waals surface area contributed by atoms with Gasteiger partial charge in [-0.1, -0.05) is 23.7 Å². The molecule has 0 unspecified atom stereocenters. The molecule has 2 aromatic heterocycles. The van der Waals surface area contributed by atoms with Crippen LogP contribution in [0.15, 0.2) is 60.9 Å². The summed E-state index contributed by atoms with van der Waals surface area (Å²) in [4.78, 5) is 12.3. The Hall–Kier alpha value is -3.66. The molecule has 0 aliphatic heterocycles. The van der Waals surface area contributed by atoms with E-state index in [1.807, 2.05) is 0 Å². The molecule has 0 spiro atoms. The molecule has 0 radical (unpaired) electrons. The maximum Gasteiger partial charge on any atom is 0.416 e. The molecule has 7 nitrogen and oxygen atoms in total. The van der Waals surface area contributed by atoms with Crippen molar-refractivity contribution in [2.24, 2.45) is 0 Å². The number of nitrogens with one attached hydrogen (secondary N) is 2. The molecule has 0 fully saturated rings. The molecule has 0 aliphatic rings. The summed E-state index contributed by atoms with van der Waals surface area (Å²) >= 11 is 5.91. The highest BCUT2D eigenvalue weighted by atomic mass is 35.5. The van der Waals surface area contributed by atoms with Crippen LogP contribution in [-0.4, -0.2) is 25.8 Å². The van der Waals surface area contributed by atoms with Crippen LogP contribution in [0.25, 0.3) is 16.9 Å². The van der Waals surface area contributed by atoms with Crippen molar-refractivity contribution >= 4 is 34.7 Å². The van der Waals surface area contributed by atoms with Crippen LogP contribution in [0.3, 0.4) is 0 Å². The molecule has 4 aromatic rings. The van der Waals surface area contributed by atoms with Gasteiger partial charge in [0.05, 0.1) is 22.0 Å². The molecule has 0 saturated heterocycles. The number of halogens is 4. The van der Waals surface area contributed by atoms with E-state index in [2.05, 4.69) is 25.9 Å². The number of urea groups is 1. The molecule has 152 valence electrons. The quantitative estimate of drug-likeness (QED) is 0.471. The molecule has 2 aromatic carbocycles. The Balaban J connectivity index is 1.52. The number of amides is 2. The minimum absolute atomic E-state index is 0.0154. The predicted molar refractivity (Wildman–Crippen MR) is 105 cm³/mol. The molecule has 4 rings (SSSR count). The van der Waals surface area contributed by atoms with Crippen molar-refractivity contribution in [2.45, 2.75) is 6.18 Å². The lowest BCUT2D eigenvalue weighted by atomic mass is 10.1. The van der Waals surface area contributed by atoms with Crippen LogP contribution in [0.2, 0.25) is 5.02 Å². The number of carbonyl (C=O) groups excluding carboxylic acids is 1. The molecule has 2 heterocycles. The van der Waals surface area contributed by atoms with Crippen LogP contribution in [0.5, 0.6) is 0 Å². The predicted octanol–water partition coefficient (Wildman–Crippen LogP) is 5.11. The first-order valence-electron chi connectivity index (χ1n) is 8.52. The van der Waals surface area contributed by atoms with Gasteiger partial charge in [-0.3, -0.25) is 0 Å². The maximum atomic E-state index is 12.9. The van der Waals surface area contributed by atoms with E-state index in [1.165, 1.54) is 10.8 Å². The monoisotopic (exact) mass is 432 g/mol. The van der Waals surface area contributed by atoms with E-state index in [0.29, 0.717) is 22.6 Å². The lowest BCUT2D eigenvalue weighted by molar-refractivity contribution is -0.137. The average molecular weight is 433 g/mol. The van der Waals surface area contributed by atoms with Crippen molar-refractivity contribution in [3.8, 4) is 11.3 Å². The molecule has 30 heavy (non-hydrogen) atoms. The number of nitrogens with zero attached hydrogens (tertiary/aromatic N) is 4. The number of anilines is 2. The van der Waals surface area contributed by atoms with Gasteiger partial charge in [0.1, 0.15) is 6.33 Å².